The number of allylic oxidation sites excluding steroid dienone is 1. The second-order valence-corrected chi connectivity index (χ2v) is 8.35. The van der Waals surface area contributed by atoms with Crippen molar-refractivity contribution < 1.29 is 4.79 Å². The van der Waals surface area contributed by atoms with E-state index >= 15 is 0 Å². The van der Waals surface area contributed by atoms with Gasteiger partial charge in [0, 0.05) is 15.6 Å². The van der Waals surface area contributed by atoms with E-state index < -0.39 is 0 Å². The van der Waals surface area contributed by atoms with Crippen molar-refractivity contribution in [3.05, 3.63) is 111 Å². The molecular formula is C25H21Cl2NO. The SMILES string of the molecule is C=C(C)c1ccc2c(c1)C(=O)N(C(C)c1ccc(Cl)cc1)C2c1ccc(Cl)cc1. The van der Waals surface area contributed by atoms with E-state index in [2.05, 4.69) is 13.5 Å². The molecule has 29 heavy (non-hydrogen) atoms. The standard InChI is InChI=1S/C25H21Cl2NO/c1-15(2)19-8-13-22-23(14-19)25(29)28(16(3)17-4-9-20(26)10-5-17)24(22)18-6-11-21(27)12-7-18/h4-14,16,24H,1H2,2-3H3. The van der Waals surface area contributed by atoms with Crippen LogP contribution in [0.4, 0.5) is 0 Å². The second-order valence-electron chi connectivity index (χ2n) is 7.48. The predicted molar refractivity (Wildman–Crippen MR) is 120 cm³/mol. The zero-order valence-electron chi connectivity index (χ0n) is 16.3. The normalized spacial score (nSPS) is 16.6. The van der Waals surface area contributed by atoms with Crippen LogP contribution in [0.15, 0.2) is 73.3 Å². The van der Waals surface area contributed by atoms with Gasteiger partial charge in [-0.05, 0) is 66.4 Å². The molecule has 4 rings (SSSR count). The first kappa shape index (κ1) is 19.8. The summed E-state index contributed by atoms with van der Waals surface area (Å²) in [6.07, 6.45) is 0. The molecule has 0 fully saturated rings. The Morgan fingerprint density at radius 1 is 0.966 bits per heavy atom. The molecule has 0 aliphatic carbocycles. The molecule has 1 aliphatic heterocycles. The van der Waals surface area contributed by atoms with Crippen LogP contribution in [0.5, 0.6) is 0 Å². The molecule has 0 radical (unpaired) electrons. The summed E-state index contributed by atoms with van der Waals surface area (Å²) in [5, 5.41) is 1.35. The first-order valence-corrected chi connectivity index (χ1v) is 10.3. The van der Waals surface area contributed by atoms with Crippen LogP contribution in [0.25, 0.3) is 5.57 Å². The number of halogens is 2. The summed E-state index contributed by atoms with van der Waals surface area (Å²) in [7, 11) is 0. The largest absolute Gasteiger partial charge is 0.321 e. The summed E-state index contributed by atoms with van der Waals surface area (Å²) in [5.74, 6) is 0.0190. The number of hydrogen-bond acceptors (Lipinski definition) is 1. The topological polar surface area (TPSA) is 20.3 Å². The van der Waals surface area contributed by atoms with Gasteiger partial charge in [0.05, 0.1) is 12.1 Å². The van der Waals surface area contributed by atoms with Gasteiger partial charge in [-0.3, -0.25) is 4.79 Å². The van der Waals surface area contributed by atoms with Gasteiger partial charge < -0.3 is 4.90 Å². The molecule has 1 aliphatic rings. The van der Waals surface area contributed by atoms with Crippen molar-refractivity contribution in [2.75, 3.05) is 0 Å². The molecule has 0 aromatic heterocycles. The summed E-state index contributed by atoms with van der Waals surface area (Å²) >= 11 is 12.2. The van der Waals surface area contributed by atoms with Crippen molar-refractivity contribution in [3.8, 4) is 0 Å². The van der Waals surface area contributed by atoms with E-state index in [-0.39, 0.29) is 18.0 Å². The highest BCUT2D eigenvalue weighted by Gasteiger charge is 2.40. The third-order valence-electron chi connectivity index (χ3n) is 5.54. The van der Waals surface area contributed by atoms with Crippen LogP contribution < -0.4 is 0 Å². The average molecular weight is 422 g/mol. The van der Waals surface area contributed by atoms with Crippen molar-refractivity contribution >= 4 is 34.7 Å². The number of nitrogens with zero attached hydrogens (tertiary/aromatic N) is 1. The molecule has 2 nitrogen and oxygen atoms in total. The minimum Gasteiger partial charge on any atom is -0.321 e. The lowest BCUT2D eigenvalue weighted by Crippen LogP contribution is -2.31. The van der Waals surface area contributed by atoms with Crippen molar-refractivity contribution in [1.82, 2.24) is 4.90 Å². The molecule has 2 atom stereocenters. The smallest absolute Gasteiger partial charge is 0.255 e. The Morgan fingerprint density at radius 3 is 2.14 bits per heavy atom. The van der Waals surface area contributed by atoms with E-state index in [0.717, 1.165) is 33.4 Å². The Morgan fingerprint density at radius 2 is 1.55 bits per heavy atom. The Hall–Kier alpha value is -2.55. The van der Waals surface area contributed by atoms with Crippen molar-refractivity contribution in [3.63, 3.8) is 0 Å². The number of rotatable bonds is 4. The summed E-state index contributed by atoms with van der Waals surface area (Å²) < 4.78 is 0. The number of benzene rings is 3. The van der Waals surface area contributed by atoms with E-state index in [1.54, 1.807) is 0 Å². The first-order valence-electron chi connectivity index (χ1n) is 9.50. The Balaban J connectivity index is 1.85. The van der Waals surface area contributed by atoms with Crippen LogP contribution in [-0.4, -0.2) is 10.8 Å². The van der Waals surface area contributed by atoms with Gasteiger partial charge in [-0.15, -0.1) is 0 Å². The fraction of sp³-hybridized carbons (Fsp3) is 0.160. The summed E-state index contributed by atoms with van der Waals surface area (Å²) in [6.45, 7) is 8.02. The molecule has 1 heterocycles. The molecule has 3 aromatic carbocycles. The summed E-state index contributed by atoms with van der Waals surface area (Å²) in [5.41, 5.74) is 5.72. The molecule has 0 spiro atoms. The van der Waals surface area contributed by atoms with E-state index in [9.17, 15) is 4.79 Å². The number of carbonyl (C=O) groups is 1. The fourth-order valence-electron chi connectivity index (χ4n) is 3.94. The molecule has 0 bridgehead atoms. The highest BCUT2D eigenvalue weighted by molar-refractivity contribution is 6.30. The lowest BCUT2D eigenvalue weighted by atomic mass is 9.94. The Bertz CT molecular complexity index is 1090. The molecule has 2 unspecified atom stereocenters. The zero-order chi connectivity index (χ0) is 20.7. The van der Waals surface area contributed by atoms with Crippen LogP contribution in [0.2, 0.25) is 10.0 Å². The molecule has 3 aromatic rings. The molecule has 0 N–H and O–H groups in total. The lowest BCUT2D eigenvalue weighted by Gasteiger charge is -2.32. The Kier molecular flexibility index (Phi) is 5.24. The molecule has 0 saturated carbocycles. The highest BCUT2D eigenvalue weighted by Crippen LogP contribution is 2.44. The van der Waals surface area contributed by atoms with Crippen LogP contribution in [-0.2, 0) is 0 Å². The van der Waals surface area contributed by atoms with Gasteiger partial charge in [0.15, 0.2) is 0 Å². The minimum atomic E-state index is -0.181. The molecular weight excluding hydrogens is 401 g/mol. The molecule has 0 saturated heterocycles. The van der Waals surface area contributed by atoms with Gasteiger partial charge >= 0.3 is 0 Å². The fourth-order valence-corrected chi connectivity index (χ4v) is 4.19. The van der Waals surface area contributed by atoms with Gasteiger partial charge in [-0.2, -0.15) is 0 Å². The molecule has 4 heteroatoms. The maximum Gasteiger partial charge on any atom is 0.255 e. The van der Waals surface area contributed by atoms with Crippen molar-refractivity contribution in [2.24, 2.45) is 0 Å². The number of amides is 1. The Labute approximate surface area is 181 Å². The molecule has 146 valence electrons. The monoisotopic (exact) mass is 421 g/mol. The number of carbonyl (C=O) groups excluding carboxylic acids is 1. The maximum absolute atomic E-state index is 13.5. The van der Waals surface area contributed by atoms with E-state index in [1.807, 2.05) is 78.6 Å². The number of fused-ring (bicyclic) bond motifs is 1. The zero-order valence-corrected chi connectivity index (χ0v) is 17.8. The number of hydrogen-bond donors (Lipinski definition) is 0. The van der Waals surface area contributed by atoms with Gasteiger partial charge in [0.1, 0.15) is 0 Å². The predicted octanol–water partition coefficient (Wildman–Crippen LogP) is 7.33. The van der Waals surface area contributed by atoms with E-state index in [4.69, 9.17) is 23.2 Å². The van der Waals surface area contributed by atoms with Crippen LogP contribution in [0.3, 0.4) is 0 Å². The average Bonchev–Trinajstić information content (AvgIpc) is 3.00. The van der Waals surface area contributed by atoms with Crippen molar-refractivity contribution in [2.45, 2.75) is 25.9 Å². The minimum absolute atomic E-state index is 0.0190. The summed E-state index contributed by atoms with van der Waals surface area (Å²) in [4.78, 5) is 15.5. The van der Waals surface area contributed by atoms with Crippen LogP contribution >= 0.6 is 23.2 Å². The third kappa shape index (κ3) is 3.59. The van der Waals surface area contributed by atoms with Gasteiger partial charge in [0.25, 0.3) is 5.91 Å². The van der Waals surface area contributed by atoms with Crippen LogP contribution in [0.1, 0.15) is 58.5 Å². The first-order chi connectivity index (χ1) is 13.9. The summed E-state index contributed by atoms with van der Waals surface area (Å²) in [6, 6.07) is 21.1. The highest BCUT2D eigenvalue weighted by atomic mass is 35.5. The van der Waals surface area contributed by atoms with E-state index in [0.29, 0.717) is 10.0 Å². The quantitative estimate of drug-likeness (QED) is 0.431. The van der Waals surface area contributed by atoms with Crippen LogP contribution in [0, 0.1) is 0 Å². The third-order valence-corrected chi connectivity index (χ3v) is 6.04. The van der Waals surface area contributed by atoms with E-state index in [1.165, 1.54) is 0 Å². The molecule has 1 amide bonds. The second kappa shape index (κ2) is 7.70. The van der Waals surface area contributed by atoms with Gasteiger partial charge in [0.2, 0.25) is 0 Å². The van der Waals surface area contributed by atoms with Crippen molar-refractivity contribution in [1.29, 1.82) is 0 Å². The maximum atomic E-state index is 13.5. The van der Waals surface area contributed by atoms with Gasteiger partial charge in [-0.1, -0.05) is 71.8 Å². The lowest BCUT2D eigenvalue weighted by molar-refractivity contribution is 0.0676. The van der Waals surface area contributed by atoms with Gasteiger partial charge in [-0.25, -0.2) is 0 Å².